The van der Waals surface area contributed by atoms with Gasteiger partial charge in [0, 0.05) is 0 Å². The van der Waals surface area contributed by atoms with E-state index in [0.29, 0.717) is 5.75 Å². The molecule has 5 nitrogen and oxygen atoms in total. The minimum atomic E-state index is -1.11. The summed E-state index contributed by atoms with van der Waals surface area (Å²) in [5.74, 6) is -1.64. The number of thiophene rings is 1. The molecule has 1 heterocycles. The number of aromatic carboxylic acids is 1. The summed E-state index contributed by atoms with van der Waals surface area (Å²) in [4.78, 5) is 22.9. The molecule has 1 unspecified atom stereocenters. The van der Waals surface area contributed by atoms with Crippen molar-refractivity contribution in [3.05, 3.63) is 47.1 Å². The number of hydrogen-bond acceptors (Lipinski definition) is 4. The number of benzene rings is 1. The van der Waals surface area contributed by atoms with Crippen LogP contribution in [0, 0.1) is 5.82 Å². The number of amides is 1. The van der Waals surface area contributed by atoms with Crippen molar-refractivity contribution < 1.29 is 23.8 Å². The van der Waals surface area contributed by atoms with Gasteiger partial charge in [-0.25, -0.2) is 9.18 Å². The van der Waals surface area contributed by atoms with E-state index in [1.54, 1.807) is 5.38 Å². The van der Waals surface area contributed by atoms with E-state index >= 15 is 0 Å². The summed E-state index contributed by atoms with van der Waals surface area (Å²) >= 11 is 1.11. The molecule has 21 heavy (non-hydrogen) atoms. The first-order valence-corrected chi connectivity index (χ1v) is 6.89. The molecule has 2 N–H and O–H groups in total. The van der Waals surface area contributed by atoms with E-state index in [1.807, 2.05) is 0 Å². The Bertz CT molecular complexity index is 653. The van der Waals surface area contributed by atoms with E-state index in [-0.39, 0.29) is 10.6 Å². The highest BCUT2D eigenvalue weighted by atomic mass is 32.1. The van der Waals surface area contributed by atoms with Crippen molar-refractivity contribution in [3.63, 3.8) is 0 Å². The Hall–Kier alpha value is -2.41. The highest BCUT2D eigenvalue weighted by molar-refractivity contribution is 7.14. The van der Waals surface area contributed by atoms with E-state index < -0.39 is 23.8 Å². The Morgan fingerprint density at radius 1 is 1.29 bits per heavy atom. The summed E-state index contributed by atoms with van der Waals surface area (Å²) in [5, 5.41) is 13.3. The van der Waals surface area contributed by atoms with Gasteiger partial charge in [-0.05, 0) is 42.6 Å². The topological polar surface area (TPSA) is 75.6 Å². The SMILES string of the molecule is CC(Oc1ccc(F)cc1)C(=O)Nc1sccc1C(=O)O. The Morgan fingerprint density at radius 2 is 1.95 bits per heavy atom. The van der Waals surface area contributed by atoms with Gasteiger partial charge < -0.3 is 15.2 Å². The number of halogens is 1. The summed E-state index contributed by atoms with van der Waals surface area (Å²) in [6, 6.07) is 6.68. The second-order valence-electron chi connectivity index (χ2n) is 4.17. The largest absolute Gasteiger partial charge is 0.481 e. The lowest BCUT2D eigenvalue weighted by molar-refractivity contribution is -0.122. The van der Waals surface area contributed by atoms with Crippen molar-refractivity contribution in [2.24, 2.45) is 0 Å². The molecule has 0 aliphatic rings. The maximum Gasteiger partial charge on any atom is 0.338 e. The first kappa shape index (κ1) is 15.0. The fraction of sp³-hybridized carbons (Fsp3) is 0.143. The number of anilines is 1. The molecule has 0 saturated carbocycles. The zero-order valence-electron chi connectivity index (χ0n) is 11.0. The monoisotopic (exact) mass is 309 g/mol. The highest BCUT2D eigenvalue weighted by Crippen LogP contribution is 2.23. The van der Waals surface area contributed by atoms with Gasteiger partial charge in [-0.2, -0.15) is 0 Å². The van der Waals surface area contributed by atoms with Crippen LogP contribution in [0.2, 0.25) is 0 Å². The molecule has 1 aromatic carbocycles. The van der Waals surface area contributed by atoms with Gasteiger partial charge in [-0.15, -0.1) is 11.3 Å². The van der Waals surface area contributed by atoms with Crippen molar-refractivity contribution in [1.82, 2.24) is 0 Å². The predicted molar refractivity (Wildman–Crippen MR) is 76.4 cm³/mol. The molecule has 0 aliphatic carbocycles. The molecule has 0 saturated heterocycles. The number of carbonyl (C=O) groups excluding carboxylic acids is 1. The molecule has 0 fully saturated rings. The minimum Gasteiger partial charge on any atom is -0.481 e. The van der Waals surface area contributed by atoms with E-state index in [1.165, 1.54) is 37.3 Å². The van der Waals surface area contributed by atoms with Crippen molar-refractivity contribution in [2.45, 2.75) is 13.0 Å². The van der Waals surface area contributed by atoms with Crippen molar-refractivity contribution in [1.29, 1.82) is 0 Å². The summed E-state index contributed by atoms with van der Waals surface area (Å²) in [6.45, 7) is 1.52. The maximum atomic E-state index is 12.8. The first-order valence-electron chi connectivity index (χ1n) is 6.01. The molecule has 7 heteroatoms. The Labute approximate surface area is 124 Å². The maximum absolute atomic E-state index is 12.8. The lowest BCUT2D eigenvalue weighted by Gasteiger charge is -2.14. The van der Waals surface area contributed by atoms with Gasteiger partial charge in [-0.3, -0.25) is 4.79 Å². The summed E-state index contributed by atoms with van der Waals surface area (Å²) in [5.41, 5.74) is 0.0299. The molecule has 0 spiro atoms. The summed E-state index contributed by atoms with van der Waals surface area (Å²) < 4.78 is 18.1. The molecule has 110 valence electrons. The lowest BCUT2D eigenvalue weighted by Crippen LogP contribution is -2.30. The zero-order valence-corrected chi connectivity index (χ0v) is 11.8. The van der Waals surface area contributed by atoms with Gasteiger partial charge in [0.2, 0.25) is 0 Å². The van der Waals surface area contributed by atoms with E-state index in [4.69, 9.17) is 9.84 Å². The number of hydrogen-bond donors (Lipinski definition) is 2. The second kappa shape index (κ2) is 6.36. The lowest BCUT2D eigenvalue weighted by atomic mass is 10.3. The third-order valence-electron chi connectivity index (χ3n) is 2.63. The van der Waals surface area contributed by atoms with E-state index in [9.17, 15) is 14.0 Å². The quantitative estimate of drug-likeness (QED) is 0.890. The zero-order chi connectivity index (χ0) is 15.4. The van der Waals surface area contributed by atoms with Crippen LogP contribution in [0.5, 0.6) is 5.75 Å². The molecule has 0 radical (unpaired) electrons. The average molecular weight is 309 g/mol. The van der Waals surface area contributed by atoms with Crippen LogP contribution in [-0.4, -0.2) is 23.1 Å². The molecular weight excluding hydrogens is 297 g/mol. The van der Waals surface area contributed by atoms with Crippen molar-refractivity contribution in [3.8, 4) is 5.75 Å². The standard InChI is InChI=1S/C14H12FNO4S/c1-8(20-10-4-2-9(15)3-5-10)12(17)16-13-11(14(18)19)6-7-21-13/h2-8H,1H3,(H,16,17)(H,18,19). The van der Waals surface area contributed by atoms with E-state index in [0.717, 1.165) is 11.3 Å². The Morgan fingerprint density at radius 3 is 2.57 bits per heavy atom. The van der Waals surface area contributed by atoms with Crippen LogP contribution in [0.4, 0.5) is 9.39 Å². The van der Waals surface area contributed by atoms with Crippen LogP contribution in [0.15, 0.2) is 35.7 Å². The van der Waals surface area contributed by atoms with Crippen LogP contribution < -0.4 is 10.1 Å². The fourth-order valence-corrected chi connectivity index (χ4v) is 2.34. The highest BCUT2D eigenvalue weighted by Gasteiger charge is 2.19. The third-order valence-corrected chi connectivity index (χ3v) is 3.46. The van der Waals surface area contributed by atoms with Crippen molar-refractivity contribution in [2.75, 3.05) is 5.32 Å². The molecule has 2 rings (SSSR count). The fourth-order valence-electron chi connectivity index (χ4n) is 1.56. The number of carboxylic acids is 1. The van der Waals surface area contributed by atoms with Crippen molar-refractivity contribution >= 4 is 28.2 Å². The number of nitrogens with one attached hydrogen (secondary N) is 1. The van der Waals surface area contributed by atoms with Gasteiger partial charge in [0.15, 0.2) is 6.10 Å². The van der Waals surface area contributed by atoms with E-state index in [2.05, 4.69) is 5.32 Å². The molecule has 0 bridgehead atoms. The Kier molecular flexibility index (Phi) is 4.54. The van der Waals surface area contributed by atoms with Crippen LogP contribution in [0.25, 0.3) is 0 Å². The average Bonchev–Trinajstić information content (AvgIpc) is 2.89. The minimum absolute atomic E-state index is 0.0299. The number of carbonyl (C=O) groups is 2. The van der Waals surface area contributed by atoms with Crippen LogP contribution in [0.1, 0.15) is 17.3 Å². The van der Waals surface area contributed by atoms with Gasteiger partial charge in [0.05, 0.1) is 5.56 Å². The molecule has 2 aromatic rings. The summed E-state index contributed by atoms with van der Waals surface area (Å²) in [6.07, 6.45) is -0.848. The molecule has 1 amide bonds. The van der Waals surface area contributed by atoms with Crippen LogP contribution in [0.3, 0.4) is 0 Å². The molecule has 1 aromatic heterocycles. The van der Waals surface area contributed by atoms with Gasteiger partial charge in [0.1, 0.15) is 16.6 Å². The van der Waals surface area contributed by atoms with Gasteiger partial charge >= 0.3 is 5.97 Å². The van der Waals surface area contributed by atoms with Gasteiger partial charge in [-0.1, -0.05) is 0 Å². The molecule has 0 aliphatic heterocycles. The predicted octanol–water partition coefficient (Wildman–Crippen LogP) is 2.99. The third kappa shape index (κ3) is 3.79. The summed E-state index contributed by atoms with van der Waals surface area (Å²) in [7, 11) is 0. The molecular formula is C14H12FNO4S. The van der Waals surface area contributed by atoms with Gasteiger partial charge in [0.25, 0.3) is 5.91 Å². The first-order chi connectivity index (χ1) is 9.97. The second-order valence-corrected chi connectivity index (χ2v) is 5.09. The van der Waals surface area contributed by atoms with Crippen LogP contribution >= 0.6 is 11.3 Å². The molecule has 1 atom stereocenters. The van der Waals surface area contributed by atoms with Crippen LogP contribution in [-0.2, 0) is 4.79 Å². The number of ether oxygens (including phenoxy) is 1. The Balaban J connectivity index is 2.01. The number of carboxylic acid groups (broad SMARTS) is 1. The normalized spacial score (nSPS) is 11.7. The number of rotatable bonds is 5. The smallest absolute Gasteiger partial charge is 0.338 e.